The van der Waals surface area contributed by atoms with Crippen LogP contribution in [0.4, 0.5) is 9.59 Å². The lowest BCUT2D eigenvalue weighted by molar-refractivity contribution is -0.286. The zero-order valence-corrected chi connectivity index (χ0v) is 9.37. The summed E-state index contributed by atoms with van der Waals surface area (Å²) in [4.78, 5) is 21.3. The molecule has 0 saturated heterocycles. The van der Waals surface area contributed by atoms with Crippen molar-refractivity contribution in [2.24, 2.45) is 5.73 Å². The Morgan fingerprint density at radius 2 is 1.88 bits per heavy atom. The molecule has 0 aliphatic heterocycles. The van der Waals surface area contributed by atoms with Crippen LogP contribution in [0.15, 0.2) is 12.2 Å². The maximum atomic E-state index is 10.7. The summed E-state index contributed by atoms with van der Waals surface area (Å²) in [6.45, 7) is 0. The van der Waals surface area contributed by atoms with Gasteiger partial charge in [0.1, 0.15) is 12.2 Å². The fraction of sp³-hybridized carbons (Fsp3) is 0.600. The van der Waals surface area contributed by atoms with Gasteiger partial charge in [0.2, 0.25) is 0 Å². The van der Waals surface area contributed by atoms with Gasteiger partial charge in [-0.3, -0.25) is 5.73 Å². The molecule has 0 fully saturated rings. The van der Waals surface area contributed by atoms with Crippen molar-refractivity contribution in [1.82, 2.24) is 0 Å². The maximum absolute atomic E-state index is 10.7. The smallest absolute Gasteiger partial charge is 0.442 e. The molecule has 3 atom stereocenters. The number of aliphatic hydroxyl groups excluding tert-OH is 1. The zero-order valence-electron chi connectivity index (χ0n) is 9.37. The van der Waals surface area contributed by atoms with Crippen molar-refractivity contribution in [2.75, 3.05) is 0 Å². The van der Waals surface area contributed by atoms with E-state index in [4.69, 9.17) is 15.2 Å². The number of ether oxygens (including phenoxy) is 2. The molecule has 0 aromatic rings. The predicted molar refractivity (Wildman–Crippen MR) is 56.6 cm³/mol. The molecule has 0 heterocycles. The predicted octanol–water partition coefficient (Wildman–Crippen LogP) is -0.702. The first-order chi connectivity index (χ1) is 7.97. The van der Waals surface area contributed by atoms with E-state index in [9.17, 15) is 14.7 Å². The van der Waals surface area contributed by atoms with Crippen molar-refractivity contribution >= 4 is 12.2 Å². The summed E-state index contributed by atoms with van der Waals surface area (Å²) < 4.78 is 9.70. The van der Waals surface area contributed by atoms with Crippen LogP contribution in [0.3, 0.4) is 0 Å². The molecule has 0 aromatic carbocycles. The first-order valence-electron chi connectivity index (χ1n) is 5.32. The fourth-order valence-corrected chi connectivity index (χ4v) is 1.67. The number of amides is 2. The number of hydrogen-bond donors (Lipinski definition) is 3. The van der Waals surface area contributed by atoms with Gasteiger partial charge in [-0.2, -0.15) is 4.79 Å². The average Bonchev–Trinajstić information content (AvgIpc) is 2.18. The molecule has 1 aliphatic carbocycles. The molecule has 1 aliphatic rings. The van der Waals surface area contributed by atoms with Crippen molar-refractivity contribution in [3.8, 4) is 0 Å². The largest absolute Gasteiger partial charge is 0.511 e. The van der Waals surface area contributed by atoms with Crippen LogP contribution >= 0.6 is 0 Å². The zero-order chi connectivity index (χ0) is 12.8. The number of quaternary nitrogens is 1. The molecule has 1 rings (SSSR count). The van der Waals surface area contributed by atoms with Gasteiger partial charge < -0.3 is 20.3 Å². The Balaban J connectivity index is 2.65. The summed E-state index contributed by atoms with van der Waals surface area (Å²) in [7, 11) is 0. The maximum Gasteiger partial charge on any atom is 0.511 e. The molecule has 6 N–H and O–H groups in total. The van der Waals surface area contributed by atoms with Crippen molar-refractivity contribution in [3.05, 3.63) is 12.2 Å². The molecular formula is C10H17N2O5+. The third-order valence-corrected chi connectivity index (χ3v) is 2.38. The molecule has 0 saturated carbocycles. The van der Waals surface area contributed by atoms with Gasteiger partial charge in [-0.25, -0.2) is 4.79 Å². The molecule has 17 heavy (non-hydrogen) atoms. The lowest BCUT2D eigenvalue weighted by Crippen LogP contribution is -2.58. The van der Waals surface area contributed by atoms with Gasteiger partial charge in [-0.05, 0) is 25.0 Å². The molecule has 0 aromatic heterocycles. The highest BCUT2D eigenvalue weighted by molar-refractivity contribution is 5.65. The van der Waals surface area contributed by atoms with E-state index in [0.717, 1.165) is 0 Å². The Bertz CT molecular complexity index is 318. The minimum Gasteiger partial charge on any atom is -0.442 e. The summed E-state index contributed by atoms with van der Waals surface area (Å²) in [6.07, 6.45) is 1.16. The van der Waals surface area contributed by atoms with Crippen molar-refractivity contribution in [1.29, 1.82) is 0 Å². The van der Waals surface area contributed by atoms with Gasteiger partial charge in [-0.1, -0.05) is 0 Å². The Labute approximate surface area is 98.4 Å². The highest BCUT2D eigenvalue weighted by Crippen LogP contribution is 2.17. The number of hydrogen-bond acceptors (Lipinski definition) is 5. The number of nitrogens with two attached hydrogens (primary N) is 1. The van der Waals surface area contributed by atoms with Crippen LogP contribution in [0.2, 0.25) is 0 Å². The molecule has 0 radical (unpaired) electrons. The van der Waals surface area contributed by atoms with E-state index in [1.807, 2.05) is 0 Å². The molecule has 2 amide bonds. The molecule has 96 valence electrons. The van der Waals surface area contributed by atoms with Crippen LogP contribution in [-0.2, 0) is 9.47 Å². The highest BCUT2D eigenvalue weighted by atomic mass is 16.6. The van der Waals surface area contributed by atoms with Crippen LogP contribution in [0.5, 0.6) is 0 Å². The number of rotatable bonds is 2. The summed E-state index contributed by atoms with van der Waals surface area (Å²) in [5.74, 6) is 0. The Hall–Kier alpha value is -1.60. The van der Waals surface area contributed by atoms with Crippen LogP contribution < -0.4 is 11.5 Å². The summed E-state index contributed by atoms with van der Waals surface area (Å²) in [5, 5.41) is 9.63. The monoisotopic (exact) mass is 245 g/mol. The van der Waals surface area contributed by atoms with Crippen molar-refractivity contribution < 1.29 is 29.9 Å². The summed E-state index contributed by atoms with van der Waals surface area (Å²) in [6, 6.07) is 0. The Morgan fingerprint density at radius 1 is 1.24 bits per heavy atom. The van der Waals surface area contributed by atoms with E-state index in [2.05, 4.69) is 5.73 Å². The van der Waals surface area contributed by atoms with Crippen LogP contribution in [-0.4, -0.2) is 35.6 Å². The van der Waals surface area contributed by atoms with E-state index < -0.39 is 30.5 Å². The van der Waals surface area contributed by atoms with Gasteiger partial charge in [0.25, 0.3) is 0 Å². The molecule has 0 bridgehead atoms. The van der Waals surface area contributed by atoms with Gasteiger partial charge >= 0.3 is 12.2 Å². The third kappa shape index (κ3) is 5.32. The lowest BCUT2D eigenvalue weighted by atomic mass is 10.00. The van der Waals surface area contributed by atoms with E-state index in [1.165, 1.54) is 0 Å². The third-order valence-electron chi connectivity index (χ3n) is 2.38. The van der Waals surface area contributed by atoms with E-state index in [-0.39, 0.29) is 0 Å². The number of carbonyl (C=O) groups excluding carboxylic acids is 2. The Kier molecular flexibility index (Phi) is 4.92. The number of carbonyl (C=O) groups is 2. The van der Waals surface area contributed by atoms with Crippen LogP contribution in [0.25, 0.3) is 0 Å². The van der Waals surface area contributed by atoms with Gasteiger partial charge in [0, 0.05) is 6.42 Å². The molecule has 0 spiro atoms. The highest BCUT2D eigenvalue weighted by Gasteiger charge is 2.21. The number of primary amides is 1. The topological polar surface area (TPSA) is 126 Å². The minimum absolute atomic E-state index is 0.307. The normalized spacial score (nSPS) is 30.8. The molecule has 7 heteroatoms. The average molecular weight is 245 g/mol. The second-order valence-electron chi connectivity index (χ2n) is 3.86. The van der Waals surface area contributed by atoms with Crippen molar-refractivity contribution in [2.45, 2.75) is 37.6 Å². The second-order valence-corrected chi connectivity index (χ2v) is 3.86. The standard InChI is InChI=1S/C10H16N2O5/c11-9(14)16-7-2-1-6(13)5-8(4-3-7)17-10(12)15/h3-4,6-8,13H,1-2,5H2,(H2,11,14)(H2,12,15)/p+1/b4-3+. The minimum atomic E-state index is -0.875. The van der Waals surface area contributed by atoms with Gasteiger partial charge in [0.05, 0.1) is 6.10 Å². The fourth-order valence-electron chi connectivity index (χ4n) is 1.67. The summed E-state index contributed by atoms with van der Waals surface area (Å²) in [5.41, 5.74) is 8.01. The lowest BCUT2D eigenvalue weighted by Gasteiger charge is -2.22. The van der Waals surface area contributed by atoms with Crippen molar-refractivity contribution in [3.63, 3.8) is 0 Å². The van der Waals surface area contributed by atoms with E-state index >= 15 is 0 Å². The SMILES string of the molecule is NC(=O)OC1/C=C/C(OC([NH3+])=O)CC(O)CC1. The van der Waals surface area contributed by atoms with E-state index in [1.54, 1.807) is 12.2 Å². The molecular weight excluding hydrogens is 228 g/mol. The number of aliphatic hydroxyl groups is 1. The molecule has 3 unspecified atom stereocenters. The first-order valence-corrected chi connectivity index (χ1v) is 5.32. The molecule has 7 nitrogen and oxygen atoms in total. The van der Waals surface area contributed by atoms with Crippen LogP contribution in [0.1, 0.15) is 19.3 Å². The Morgan fingerprint density at radius 3 is 2.47 bits per heavy atom. The van der Waals surface area contributed by atoms with Gasteiger partial charge in [0.15, 0.2) is 0 Å². The summed E-state index contributed by atoms with van der Waals surface area (Å²) >= 11 is 0. The van der Waals surface area contributed by atoms with E-state index in [0.29, 0.717) is 19.3 Å². The first kappa shape index (κ1) is 13.5. The quantitative estimate of drug-likeness (QED) is 0.554. The van der Waals surface area contributed by atoms with Crippen LogP contribution in [0, 0.1) is 0 Å². The van der Waals surface area contributed by atoms with Gasteiger partial charge in [-0.15, -0.1) is 0 Å². The second kappa shape index (κ2) is 6.21.